The maximum Gasteiger partial charge on any atom is 0.307 e. The van der Waals surface area contributed by atoms with Crippen LogP contribution in [-0.4, -0.2) is 382 Å². The van der Waals surface area contributed by atoms with Crippen molar-refractivity contribution in [2.45, 2.75) is 248 Å². The van der Waals surface area contributed by atoms with Crippen LogP contribution in [0.1, 0.15) is 32.6 Å². The summed E-state index contributed by atoms with van der Waals surface area (Å²) < 4.78 is 81.4. The smallest absolute Gasteiger partial charge is 0.307 e. The Morgan fingerprint density at radius 1 is 0.307 bits per heavy atom. The molecule has 88 heavy (non-hydrogen) atoms. The van der Waals surface area contributed by atoms with Gasteiger partial charge in [0.05, 0.1) is 53.1 Å². The Morgan fingerprint density at radius 3 is 0.727 bits per heavy atom. The Labute approximate surface area is 507 Å². The van der Waals surface area contributed by atoms with E-state index in [1.165, 1.54) is 6.92 Å². The molecule has 14 bridgehead atoms. The zero-order chi connectivity index (χ0) is 63.3. The molecule has 0 aromatic carbocycles. The van der Waals surface area contributed by atoms with Gasteiger partial charge in [0.1, 0.15) is 171 Å². The molecule has 38 heteroatoms. The molecule has 37 nitrogen and oxygen atoms in total. The number of aliphatic hydroxyl groups excluding tert-OH is 20. The summed E-state index contributed by atoms with van der Waals surface area (Å²) in [5.74, 6) is -0.0535. The van der Waals surface area contributed by atoms with Gasteiger partial charge in [0, 0.05) is 6.54 Å². The van der Waals surface area contributed by atoms with Crippen molar-refractivity contribution in [3.8, 4) is 0 Å². The van der Waals surface area contributed by atoms with Gasteiger partial charge in [-0.2, -0.15) is 0 Å². The molecule has 21 heterocycles. The second kappa shape index (κ2) is 33.3. The van der Waals surface area contributed by atoms with E-state index < -0.39 is 255 Å². The van der Waals surface area contributed by atoms with Crippen molar-refractivity contribution in [3.63, 3.8) is 0 Å². The quantitative estimate of drug-likeness (QED) is 0.0677. The van der Waals surface area contributed by atoms with Gasteiger partial charge in [-0.3, -0.25) is 5.32 Å². The average molecular weight is 1310 g/mol. The number of hydrogen-bond donors (Lipinski definition) is 22. The van der Waals surface area contributed by atoms with Crippen LogP contribution in [0.2, 0.25) is 0 Å². The first-order valence-electron chi connectivity index (χ1n) is 28.9. The first-order valence-corrected chi connectivity index (χ1v) is 28.9. The number of carbonyl (C=O) groups excluding carboxylic acids is 1. The number of primary amides is 1. The summed E-state index contributed by atoms with van der Waals surface area (Å²) >= 11 is 0. The molecule has 0 saturated carbocycles. The zero-order valence-electron chi connectivity index (χ0n) is 47.4. The number of amides is 1. The predicted molar refractivity (Wildman–Crippen MR) is 270 cm³/mol. The lowest BCUT2D eigenvalue weighted by Gasteiger charge is -2.50. The van der Waals surface area contributed by atoms with Crippen molar-refractivity contribution in [3.05, 3.63) is 0 Å². The summed E-state index contributed by atoms with van der Waals surface area (Å²) in [6.45, 7) is -4.10. The van der Waals surface area contributed by atoms with Crippen LogP contribution in [-0.2, 0) is 71.1 Å². The lowest BCUT2D eigenvalue weighted by molar-refractivity contribution is -0.567. The molecule has 0 radical (unpaired) electrons. The van der Waals surface area contributed by atoms with Crippen LogP contribution in [0.4, 0.5) is 0 Å². The highest BCUT2D eigenvalue weighted by atomic mass is 35.5. The highest BCUT2D eigenvalue weighted by Crippen LogP contribution is 2.39. The largest absolute Gasteiger partial charge is 1.00 e. The van der Waals surface area contributed by atoms with Gasteiger partial charge in [0.2, 0.25) is 0 Å². The number of aliphatic hydroxyl groups is 20. The van der Waals surface area contributed by atoms with Crippen LogP contribution >= 0.6 is 0 Å². The minimum Gasteiger partial charge on any atom is -1.00 e. The molecule has 0 unspecified atom stereocenters. The summed E-state index contributed by atoms with van der Waals surface area (Å²) in [4.78, 5) is 11.3. The van der Waals surface area contributed by atoms with Crippen LogP contribution in [0, 0.1) is 0 Å². The van der Waals surface area contributed by atoms with Crippen LogP contribution in [0.15, 0.2) is 0 Å². The number of nitrogens with one attached hydrogen (secondary N) is 1. The number of rotatable bonds is 15. The van der Waals surface area contributed by atoms with Gasteiger partial charge < -0.3 is 186 Å². The first kappa shape index (κ1) is 73.9. The summed E-state index contributed by atoms with van der Waals surface area (Å²) in [5, 5.41) is 228. The fourth-order valence-electron chi connectivity index (χ4n) is 11.7. The lowest BCUT2D eigenvalue weighted by Crippen LogP contribution is -3.00. The van der Waals surface area contributed by atoms with Gasteiger partial charge in [-0.15, -0.1) is 0 Å². The summed E-state index contributed by atoms with van der Waals surface area (Å²) in [7, 11) is 0. The molecule has 0 aliphatic carbocycles. The average Bonchev–Trinajstić information content (AvgIpc) is 1.52. The number of unbranched alkanes of at least 4 members (excludes halogenated alkanes) is 3. The Kier molecular flexibility index (Phi) is 27.9. The maximum absolute atomic E-state index is 11.8. The van der Waals surface area contributed by atoms with Gasteiger partial charge in [-0.1, -0.05) is 6.42 Å². The normalized spacial score (nSPS) is 49.8. The Morgan fingerprint density at radius 2 is 0.511 bits per heavy atom. The van der Waals surface area contributed by atoms with Crippen molar-refractivity contribution in [2.24, 2.45) is 0 Å². The van der Waals surface area contributed by atoms with Gasteiger partial charge >= 0.3 is 5.91 Å². The fourth-order valence-corrected chi connectivity index (χ4v) is 11.7. The highest BCUT2D eigenvalue weighted by Gasteiger charge is 2.59. The molecular weight excluding hydrogens is 1220 g/mol. The molecule has 21 fully saturated rings. The van der Waals surface area contributed by atoms with Crippen molar-refractivity contribution in [2.75, 3.05) is 59.3 Å². The molecule has 0 aromatic heterocycles. The van der Waals surface area contributed by atoms with Gasteiger partial charge in [0.15, 0.2) is 44.0 Å². The topological polar surface area (TPSA) is 580 Å². The Bertz CT molecular complexity index is 2080. The van der Waals surface area contributed by atoms with Crippen molar-refractivity contribution >= 4 is 5.91 Å². The number of quaternary nitrogens is 1. The van der Waals surface area contributed by atoms with Gasteiger partial charge in [-0.05, 0) is 25.8 Å². The van der Waals surface area contributed by atoms with E-state index in [1.54, 1.807) is 5.32 Å². The molecular formula is C50H87ClN2O35. The Hall–Kier alpha value is -1.48. The minimum atomic E-state index is -2.21. The monoisotopic (exact) mass is 1310 g/mol. The number of ether oxygens (including phenoxy) is 14. The molecule has 23 N–H and O–H groups in total. The van der Waals surface area contributed by atoms with E-state index in [0.29, 0.717) is 25.9 Å². The third-order valence-corrected chi connectivity index (χ3v) is 16.7. The molecule has 0 aromatic rings. The van der Waals surface area contributed by atoms with E-state index in [-0.39, 0.29) is 24.9 Å². The van der Waals surface area contributed by atoms with Crippen LogP contribution in [0.3, 0.4) is 0 Å². The van der Waals surface area contributed by atoms with Gasteiger partial charge in [0.25, 0.3) is 0 Å². The number of hydrogen-bond acceptors (Lipinski definition) is 36. The van der Waals surface area contributed by atoms with Crippen molar-refractivity contribution < 1.29 is 191 Å². The molecule has 21 aliphatic rings. The standard InChI is InChI=1S/C50H86N2O35.ClH/c1-15(59)52-7-5-3-2-4-6-51-8-16-37-23(60)30(67)44(74-16)82-38-17(9-53)76-46(32(69)25(38)62)84-40-19(11-55)78-48(34(71)27(40)64)86-42-21(13-57)80-50(36(73)29(42)66)87-43-22(14-58)79-49(35(72)28(43)65)85-41-20(12-56)77-47(33(70)26(41)63)83-39-18(10-54)75-45(81-37)31(68)24(39)61;/h16-51,53-58,60-73H,2-14H2,1H3,(H,52,59);1H/t16-,17-,18-,19-,20-,21-,22-,23-,24-,25-,26-,27-,28-,29-,30-,31-,32+,33-,34+,35-,36-,37-,38-,39-,40-,41-,42-,43-,44-,45-,46-,47-,48-,49-,50-;/m1./s1. The molecule has 21 saturated heterocycles. The van der Waals surface area contributed by atoms with E-state index in [2.05, 4.69) is 5.32 Å². The molecule has 0 spiro atoms. The molecule has 35 atom stereocenters. The van der Waals surface area contributed by atoms with Crippen LogP contribution in [0.5, 0.6) is 0 Å². The van der Waals surface area contributed by atoms with E-state index in [4.69, 9.17) is 66.3 Å². The van der Waals surface area contributed by atoms with Crippen LogP contribution < -0.4 is 23.0 Å². The van der Waals surface area contributed by atoms with Crippen molar-refractivity contribution in [1.29, 1.82) is 0 Å². The fraction of sp³-hybridized carbons (Fsp3) is 0.980. The number of halogens is 1. The summed E-state index contributed by atoms with van der Waals surface area (Å²) in [6.07, 6.45) is -66.5. The molecule has 1 amide bonds. The predicted octanol–water partition coefficient (Wildman–Crippen LogP) is -18.0. The molecule has 21 aliphatic heterocycles. The minimum absolute atomic E-state index is 0. The lowest BCUT2D eigenvalue weighted by atomic mass is 9.95. The van der Waals surface area contributed by atoms with E-state index in [0.717, 1.165) is 12.8 Å². The van der Waals surface area contributed by atoms with Crippen molar-refractivity contribution in [1.82, 2.24) is 5.32 Å². The number of nitrogens with two attached hydrogens (primary N) is 1. The second-order valence-corrected chi connectivity index (χ2v) is 22.7. The third kappa shape index (κ3) is 16.2. The molecule has 514 valence electrons. The first-order chi connectivity index (χ1) is 41.5. The highest BCUT2D eigenvalue weighted by molar-refractivity contribution is 5.61. The summed E-state index contributed by atoms with van der Waals surface area (Å²) in [5.41, 5.74) is 0. The Balaban J connectivity index is 0.0000110. The van der Waals surface area contributed by atoms with E-state index in [1.807, 2.05) is 0 Å². The number of carbonyl (C=O) groups is 1. The SMILES string of the molecule is CC(=O)[NH2+]CCCCCCNC[C@H]1O[C@@H]2O[C@H]3[C@H](O)[C@H](O)[C@@H](O[C@H]4[C@H](O)[C@H](O)[C@@H](O[C@H]5[C@H](O)[C@@H](O)[C@@H](O[C@H]6[C@H](O)[C@@H](O)[C@@H](O[C@H]7[C@H](O)[C@@H](O)[C@@H](O[C@H]8[C@H](O)[C@@H](O)[C@@H](O[C@H]1[C@H](O)[C@H]2O)O[C@@H]8CO)O[C@@H]7CO)O[C@@H]6CO)O[C@@H]5CO)O[C@@H]4CO)O[C@@H]3CO.[Cl-]. The van der Waals surface area contributed by atoms with Gasteiger partial charge in [-0.25, -0.2) is 4.79 Å². The van der Waals surface area contributed by atoms with Crippen LogP contribution in [0.25, 0.3) is 0 Å². The molecule has 21 rings (SSSR count). The van der Waals surface area contributed by atoms with E-state index in [9.17, 15) is 107 Å². The zero-order valence-corrected chi connectivity index (χ0v) is 48.2. The third-order valence-electron chi connectivity index (χ3n) is 16.7. The maximum atomic E-state index is 11.8. The second-order valence-electron chi connectivity index (χ2n) is 22.7. The van der Waals surface area contributed by atoms with E-state index >= 15 is 0 Å². The summed E-state index contributed by atoms with van der Waals surface area (Å²) in [6, 6.07) is 0.